The average molecular weight is 298 g/mol. The molecule has 1 saturated heterocycles. The molecule has 1 aliphatic rings. The predicted molar refractivity (Wildman–Crippen MR) is 90.8 cm³/mol. The number of rotatable bonds is 5. The monoisotopic (exact) mass is 298 g/mol. The van der Waals surface area contributed by atoms with Gasteiger partial charge in [-0.25, -0.2) is 0 Å². The van der Waals surface area contributed by atoms with Gasteiger partial charge in [0.15, 0.2) is 0 Å². The van der Waals surface area contributed by atoms with Crippen LogP contribution in [0.1, 0.15) is 11.6 Å². The van der Waals surface area contributed by atoms with Gasteiger partial charge in [0.1, 0.15) is 0 Å². The Morgan fingerprint density at radius 3 is 2.48 bits per heavy atom. The second-order valence-electron chi connectivity index (χ2n) is 5.33. The summed E-state index contributed by atoms with van der Waals surface area (Å²) in [6, 6.07) is 22.1. The molecule has 1 atom stereocenters. The van der Waals surface area contributed by atoms with Gasteiger partial charge in [0.2, 0.25) is 0 Å². The third-order valence-corrected chi connectivity index (χ3v) is 4.92. The zero-order valence-corrected chi connectivity index (χ0v) is 13.1. The molecule has 2 aromatic rings. The number of piperazine rings is 1. The summed E-state index contributed by atoms with van der Waals surface area (Å²) in [5, 5.41) is 3.52. The van der Waals surface area contributed by atoms with Crippen LogP contribution in [0.5, 0.6) is 0 Å². The Labute approximate surface area is 131 Å². The number of hydrogen-bond acceptors (Lipinski definition) is 3. The van der Waals surface area contributed by atoms with Crippen LogP contribution in [-0.4, -0.2) is 36.8 Å². The van der Waals surface area contributed by atoms with Gasteiger partial charge >= 0.3 is 0 Å². The number of benzene rings is 2. The minimum absolute atomic E-state index is 0.510. The highest BCUT2D eigenvalue weighted by molar-refractivity contribution is 7.99. The Bertz CT molecular complexity index is 529. The van der Waals surface area contributed by atoms with E-state index in [1.165, 1.54) is 10.5 Å². The summed E-state index contributed by atoms with van der Waals surface area (Å²) in [4.78, 5) is 3.98. The van der Waals surface area contributed by atoms with Crippen molar-refractivity contribution < 1.29 is 0 Å². The average Bonchev–Trinajstić information content (AvgIpc) is 2.57. The Kier molecular flexibility index (Phi) is 5.33. The molecule has 3 heteroatoms. The molecule has 0 aromatic heterocycles. The van der Waals surface area contributed by atoms with Crippen molar-refractivity contribution in [3.05, 3.63) is 66.2 Å². The van der Waals surface area contributed by atoms with Crippen molar-refractivity contribution in [1.82, 2.24) is 10.2 Å². The van der Waals surface area contributed by atoms with Gasteiger partial charge in [0.25, 0.3) is 0 Å². The maximum atomic E-state index is 3.52. The first-order valence-corrected chi connectivity index (χ1v) is 8.59. The van der Waals surface area contributed by atoms with E-state index in [0.717, 1.165) is 31.9 Å². The fraction of sp³-hybridized carbons (Fsp3) is 0.333. The third-order valence-electron chi connectivity index (χ3n) is 3.93. The molecule has 2 aromatic carbocycles. The molecule has 0 saturated carbocycles. The predicted octanol–water partition coefficient (Wildman–Crippen LogP) is 3.43. The summed E-state index contributed by atoms with van der Waals surface area (Å²) in [6.45, 7) is 4.43. The van der Waals surface area contributed by atoms with Crippen LogP contribution in [0.2, 0.25) is 0 Å². The smallest absolute Gasteiger partial charge is 0.0473 e. The number of nitrogens with zero attached hydrogens (tertiary/aromatic N) is 1. The van der Waals surface area contributed by atoms with Crippen molar-refractivity contribution in [2.24, 2.45) is 0 Å². The molecule has 0 aliphatic carbocycles. The minimum atomic E-state index is 0.510. The molecule has 21 heavy (non-hydrogen) atoms. The van der Waals surface area contributed by atoms with Crippen molar-refractivity contribution in [3.63, 3.8) is 0 Å². The molecule has 0 amide bonds. The van der Waals surface area contributed by atoms with Crippen molar-refractivity contribution >= 4 is 11.8 Å². The largest absolute Gasteiger partial charge is 0.314 e. The van der Waals surface area contributed by atoms with Crippen LogP contribution in [0.15, 0.2) is 65.6 Å². The molecule has 110 valence electrons. The molecular formula is C18H22N2S. The first-order valence-electron chi connectivity index (χ1n) is 7.61. The fourth-order valence-electron chi connectivity index (χ4n) is 2.82. The van der Waals surface area contributed by atoms with E-state index in [2.05, 4.69) is 70.9 Å². The van der Waals surface area contributed by atoms with E-state index >= 15 is 0 Å². The highest BCUT2D eigenvalue weighted by atomic mass is 32.2. The van der Waals surface area contributed by atoms with Crippen LogP contribution >= 0.6 is 11.8 Å². The summed E-state index contributed by atoms with van der Waals surface area (Å²) >= 11 is 1.95. The zero-order valence-electron chi connectivity index (χ0n) is 12.2. The molecule has 1 N–H and O–H groups in total. The second-order valence-corrected chi connectivity index (χ2v) is 6.50. The van der Waals surface area contributed by atoms with Crippen molar-refractivity contribution in [2.75, 3.05) is 31.9 Å². The van der Waals surface area contributed by atoms with Gasteiger partial charge in [-0.1, -0.05) is 48.5 Å². The Balaban J connectivity index is 1.57. The van der Waals surface area contributed by atoms with Crippen molar-refractivity contribution in [3.8, 4) is 0 Å². The molecule has 1 unspecified atom stereocenters. The SMILES string of the molecule is c1ccc(SCCN2CCNCC2c2ccccc2)cc1. The van der Waals surface area contributed by atoms with Crippen LogP contribution < -0.4 is 5.32 Å². The molecule has 0 bridgehead atoms. The Hall–Kier alpha value is -1.29. The Morgan fingerprint density at radius 1 is 1.00 bits per heavy atom. The highest BCUT2D eigenvalue weighted by Gasteiger charge is 2.22. The van der Waals surface area contributed by atoms with E-state index in [1.807, 2.05) is 11.8 Å². The van der Waals surface area contributed by atoms with E-state index in [9.17, 15) is 0 Å². The van der Waals surface area contributed by atoms with Crippen LogP contribution in [0.4, 0.5) is 0 Å². The van der Waals surface area contributed by atoms with Crippen LogP contribution in [0.25, 0.3) is 0 Å². The van der Waals surface area contributed by atoms with Gasteiger partial charge in [0, 0.05) is 42.9 Å². The summed E-state index contributed by atoms with van der Waals surface area (Å²) in [5.74, 6) is 1.15. The molecule has 1 fully saturated rings. The molecule has 1 aliphatic heterocycles. The Morgan fingerprint density at radius 2 is 1.71 bits per heavy atom. The normalized spacial score (nSPS) is 19.5. The van der Waals surface area contributed by atoms with E-state index in [0.29, 0.717) is 6.04 Å². The minimum Gasteiger partial charge on any atom is -0.314 e. The van der Waals surface area contributed by atoms with Crippen LogP contribution in [0, 0.1) is 0 Å². The standard InChI is InChI=1S/C18H22N2S/c1-3-7-16(8-4-1)18-15-19-11-12-20(18)13-14-21-17-9-5-2-6-10-17/h1-10,18-19H,11-15H2. The number of nitrogens with one attached hydrogen (secondary N) is 1. The van der Waals surface area contributed by atoms with Gasteiger partial charge in [-0.3, -0.25) is 4.90 Å². The first kappa shape index (κ1) is 14.6. The van der Waals surface area contributed by atoms with Gasteiger partial charge in [0.05, 0.1) is 0 Å². The van der Waals surface area contributed by atoms with Gasteiger partial charge in [-0.05, 0) is 17.7 Å². The van der Waals surface area contributed by atoms with E-state index in [4.69, 9.17) is 0 Å². The lowest BCUT2D eigenvalue weighted by Crippen LogP contribution is -2.46. The van der Waals surface area contributed by atoms with Crippen LogP contribution in [-0.2, 0) is 0 Å². The van der Waals surface area contributed by atoms with Crippen molar-refractivity contribution in [2.45, 2.75) is 10.9 Å². The fourth-order valence-corrected chi connectivity index (χ4v) is 3.73. The van der Waals surface area contributed by atoms with E-state index in [1.54, 1.807) is 0 Å². The summed E-state index contributed by atoms with van der Waals surface area (Å²) in [7, 11) is 0. The molecule has 0 spiro atoms. The molecule has 0 radical (unpaired) electrons. The highest BCUT2D eigenvalue weighted by Crippen LogP contribution is 2.23. The van der Waals surface area contributed by atoms with E-state index in [-0.39, 0.29) is 0 Å². The molecule has 3 rings (SSSR count). The number of hydrogen-bond donors (Lipinski definition) is 1. The van der Waals surface area contributed by atoms with Gasteiger partial charge < -0.3 is 5.32 Å². The van der Waals surface area contributed by atoms with Crippen LogP contribution in [0.3, 0.4) is 0 Å². The lowest BCUT2D eigenvalue weighted by atomic mass is 10.0. The second kappa shape index (κ2) is 7.64. The maximum Gasteiger partial charge on any atom is 0.0473 e. The quantitative estimate of drug-likeness (QED) is 0.852. The molecule has 1 heterocycles. The molecule has 2 nitrogen and oxygen atoms in total. The van der Waals surface area contributed by atoms with E-state index < -0.39 is 0 Å². The maximum absolute atomic E-state index is 3.52. The lowest BCUT2D eigenvalue weighted by molar-refractivity contribution is 0.172. The molecular weight excluding hydrogens is 276 g/mol. The number of thioether (sulfide) groups is 1. The zero-order chi connectivity index (χ0) is 14.3. The van der Waals surface area contributed by atoms with Gasteiger partial charge in [-0.15, -0.1) is 11.8 Å². The first-order chi connectivity index (χ1) is 10.4. The van der Waals surface area contributed by atoms with Gasteiger partial charge in [-0.2, -0.15) is 0 Å². The topological polar surface area (TPSA) is 15.3 Å². The summed E-state index contributed by atoms with van der Waals surface area (Å²) < 4.78 is 0. The lowest BCUT2D eigenvalue weighted by Gasteiger charge is -2.36. The summed E-state index contributed by atoms with van der Waals surface area (Å²) in [5.41, 5.74) is 1.43. The third kappa shape index (κ3) is 4.10. The van der Waals surface area contributed by atoms with Crippen molar-refractivity contribution in [1.29, 1.82) is 0 Å². The summed E-state index contributed by atoms with van der Waals surface area (Å²) in [6.07, 6.45) is 0.